The summed E-state index contributed by atoms with van der Waals surface area (Å²) in [5.41, 5.74) is 9.65. The molecule has 6 nitrogen and oxygen atoms in total. The minimum atomic E-state index is -0.231. The maximum absolute atomic E-state index is 8.72. The molecule has 1 aromatic carbocycles. The van der Waals surface area contributed by atoms with E-state index in [4.69, 9.17) is 10.8 Å². The molecule has 2 aromatic heterocycles. The van der Waals surface area contributed by atoms with E-state index in [1.807, 2.05) is 25.1 Å². The van der Waals surface area contributed by atoms with Crippen LogP contribution in [0.2, 0.25) is 0 Å². The van der Waals surface area contributed by atoms with E-state index in [0.29, 0.717) is 17.2 Å². The van der Waals surface area contributed by atoms with Crippen molar-refractivity contribution >= 4 is 16.9 Å². The van der Waals surface area contributed by atoms with Gasteiger partial charge in [-0.25, -0.2) is 15.0 Å². The number of hydrogen-bond donors (Lipinski definition) is 3. The van der Waals surface area contributed by atoms with E-state index in [1.165, 1.54) is 6.20 Å². The van der Waals surface area contributed by atoms with Crippen molar-refractivity contribution < 1.29 is 9.39 Å². The van der Waals surface area contributed by atoms with Gasteiger partial charge < -0.3 is 15.8 Å². The predicted octanol–water partition coefficient (Wildman–Crippen LogP) is 1.99. The average Bonchev–Trinajstić information content (AvgIpc) is 2.89. The third kappa shape index (κ3) is 2.55. The Morgan fingerprint density at radius 2 is 2.24 bits per heavy atom. The number of aliphatic hydroxyl groups is 1. The number of rotatable bonds is 1. The molecule has 0 saturated heterocycles. The number of hydrogen-bond acceptors (Lipinski definition) is 5. The molecule has 110 valence electrons. The van der Waals surface area contributed by atoms with E-state index >= 15 is 0 Å². The minimum absolute atomic E-state index is 0. The number of nitrogens with two attached hydrogens (primary N) is 1. The number of H-pyrrole nitrogens is 1. The number of anilines is 1. The molecule has 3 rings (SSSR count). The fraction of sp³-hybridized carbons (Fsp3) is 0.133. The average molecular weight is 285 g/mol. The molecule has 0 bridgehead atoms. The Labute approximate surface area is 125 Å². The number of nitrogens with zero attached hydrogens (tertiary/aromatic N) is 3. The highest BCUT2D eigenvalue weighted by Crippen LogP contribution is 2.23. The van der Waals surface area contributed by atoms with Gasteiger partial charge in [-0.3, -0.25) is 0 Å². The normalized spacial score (nSPS) is 10.4. The van der Waals surface area contributed by atoms with Crippen molar-refractivity contribution in [3.05, 3.63) is 35.7 Å². The van der Waals surface area contributed by atoms with Crippen LogP contribution >= 0.6 is 0 Å². The summed E-state index contributed by atoms with van der Waals surface area (Å²) < 4.78 is 0. The molecule has 0 aliphatic carbocycles. The Kier molecular flexibility index (Phi) is 3.26. The number of fused-ring (bicyclic) bond motifs is 1. The molecule has 0 spiro atoms. The number of nitrogens with one attached hydrogen (secondary N) is 1. The van der Waals surface area contributed by atoms with Crippen LogP contribution in [0.15, 0.2) is 24.4 Å². The predicted molar refractivity (Wildman–Crippen MR) is 86.6 cm³/mol. The van der Waals surface area contributed by atoms with E-state index in [9.17, 15) is 0 Å². The van der Waals surface area contributed by atoms with Crippen LogP contribution in [0.3, 0.4) is 0 Å². The summed E-state index contributed by atoms with van der Waals surface area (Å²) in [4.78, 5) is 16.1. The number of imidazole rings is 1. The van der Waals surface area contributed by atoms with Gasteiger partial charge in [0.2, 0.25) is 0 Å². The van der Waals surface area contributed by atoms with Crippen LogP contribution in [0.25, 0.3) is 22.6 Å². The third-order valence-electron chi connectivity index (χ3n) is 2.96. The lowest BCUT2D eigenvalue weighted by Crippen LogP contribution is -2.00. The van der Waals surface area contributed by atoms with Gasteiger partial charge in [0.15, 0.2) is 11.6 Å². The Morgan fingerprint density at radius 3 is 3.05 bits per heavy atom. The van der Waals surface area contributed by atoms with E-state index in [2.05, 4.69) is 31.8 Å². The number of aryl methyl sites for hydroxylation is 1. The minimum Gasteiger partial charge on any atom is -0.384 e. The number of aromatic nitrogens is 4. The molecule has 6 heteroatoms. The van der Waals surface area contributed by atoms with Gasteiger partial charge in [0, 0.05) is 4.28 Å². The monoisotopic (exact) mass is 285 g/mol. The second kappa shape index (κ2) is 5.23. The van der Waals surface area contributed by atoms with Gasteiger partial charge in [0.25, 0.3) is 0 Å². The third-order valence-corrected chi connectivity index (χ3v) is 2.96. The molecule has 3 aromatic rings. The summed E-state index contributed by atoms with van der Waals surface area (Å²) in [6.45, 7) is 1.78. The number of aliphatic hydroxyl groups excluding tert-OH is 1. The quantitative estimate of drug-likeness (QED) is 0.594. The molecule has 0 atom stereocenters. The summed E-state index contributed by atoms with van der Waals surface area (Å²) in [7, 11) is 0. The van der Waals surface area contributed by atoms with E-state index in [-0.39, 0.29) is 16.7 Å². The van der Waals surface area contributed by atoms with Gasteiger partial charge in [-0.1, -0.05) is 12.0 Å². The first-order valence-corrected chi connectivity index (χ1v) is 6.36. The first-order valence-electron chi connectivity index (χ1n) is 6.36. The number of benzene rings is 1. The topological polar surface area (TPSA) is 101 Å². The zero-order valence-corrected chi connectivity index (χ0v) is 11.4. The van der Waals surface area contributed by atoms with Crippen molar-refractivity contribution in [2.75, 3.05) is 12.3 Å². The Bertz CT molecular complexity index is 886. The zero-order valence-electron chi connectivity index (χ0n) is 11.4. The molecular formula is C15H19N5O. The van der Waals surface area contributed by atoms with Crippen LogP contribution in [-0.2, 0) is 0 Å². The van der Waals surface area contributed by atoms with E-state index in [1.54, 1.807) is 0 Å². The number of nitrogen functional groups attached to an aromatic ring is 1. The molecule has 0 saturated carbocycles. The Morgan fingerprint density at radius 1 is 1.38 bits per heavy atom. The summed E-state index contributed by atoms with van der Waals surface area (Å²) in [5, 5.41) is 8.72. The van der Waals surface area contributed by atoms with Gasteiger partial charge in [-0.2, -0.15) is 0 Å². The van der Waals surface area contributed by atoms with Gasteiger partial charge in [-0.15, -0.1) is 0 Å². The fourth-order valence-electron chi connectivity index (χ4n) is 2.00. The van der Waals surface area contributed by atoms with Crippen molar-refractivity contribution in [3.8, 4) is 23.4 Å². The summed E-state index contributed by atoms with van der Waals surface area (Å²) in [5.74, 6) is 6.06. The highest BCUT2D eigenvalue weighted by atomic mass is 16.2. The van der Waals surface area contributed by atoms with Gasteiger partial charge in [0.05, 0.1) is 17.2 Å². The SMILES string of the molecule is Cc1ccc2nc(-c3nc(C#CCO)cnc3N)[nH]c2c1.[HH].[HH].[HH]. The second-order valence-corrected chi connectivity index (χ2v) is 4.55. The lowest BCUT2D eigenvalue weighted by atomic mass is 10.2. The van der Waals surface area contributed by atoms with Crippen molar-refractivity contribution in [3.63, 3.8) is 0 Å². The summed E-state index contributed by atoms with van der Waals surface area (Å²) in [6.07, 6.45) is 1.47. The molecule has 0 amide bonds. The van der Waals surface area contributed by atoms with E-state index in [0.717, 1.165) is 16.6 Å². The molecule has 4 N–H and O–H groups in total. The molecule has 0 aliphatic heterocycles. The van der Waals surface area contributed by atoms with Crippen LogP contribution < -0.4 is 5.73 Å². The molecule has 0 unspecified atom stereocenters. The van der Waals surface area contributed by atoms with Gasteiger partial charge in [-0.05, 0) is 30.5 Å². The zero-order chi connectivity index (χ0) is 14.8. The molecule has 0 aliphatic rings. The van der Waals surface area contributed by atoms with E-state index < -0.39 is 0 Å². The van der Waals surface area contributed by atoms with Gasteiger partial charge in [0.1, 0.15) is 18.0 Å². The molecular weight excluding hydrogens is 266 g/mol. The van der Waals surface area contributed by atoms with Gasteiger partial charge >= 0.3 is 0 Å². The lowest BCUT2D eigenvalue weighted by molar-refractivity contribution is 0.350. The number of aromatic amines is 1. The Hall–Kier alpha value is -2.91. The van der Waals surface area contributed by atoms with Crippen LogP contribution in [0.1, 0.15) is 15.5 Å². The van der Waals surface area contributed by atoms with Crippen LogP contribution in [-0.4, -0.2) is 31.6 Å². The maximum atomic E-state index is 8.72. The highest BCUT2D eigenvalue weighted by molar-refractivity contribution is 5.81. The summed E-state index contributed by atoms with van der Waals surface area (Å²) in [6, 6.07) is 5.93. The van der Waals surface area contributed by atoms with Crippen LogP contribution in [0.4, 0.5) is 5.82 Å². The van der Waals surface area contributed by atoms with Crippen molar-refractivity contribution in [2.45, 2.75) is 6.92 Å². The van der Waals surface area contributed by atoms with Crippen molar-refractivity contribution in [1.82, 2.24) is 19.9 Å². The fourth-order valence-corrected chi connectivity index (χ4v) is 2.00. The largest absolute Gasteiger partial charge is 0.384 e. The smallest absolute Gasteiger partial charge is 0.161 e. The van der Waals surface area contributed by atoms with Crippen molar-refractivity contribution in [1.29, 1.82) is 0 Å². The summed E-state index contributed by atoms with van der Waals surface area (Å²) >= 11 is 0. The maximum Gasteiger partial charge on any atom is 0.161 e. The first kappa shape index (κ1) is 13.1. The molecule has 2 heterocycles. The Balaban J connectivity index is 0.00000176. The molecule has 0 radical (unpaired) electrons. The standard InChI is InChI=1S/C15H13N5O.3H2/c1-9-4-5-11-12(7-9)20-15(19-11)13-14(16)17-8-10(18-13)3-2-6-21;;;/h4-5,7-8,21H,6H2,1H3,(H2,16,17)(H,19,20);3*1H. The highest BCUT2D eigenvalue weighted by Gasteiger charge is 2.11. The van der Waals surface area contributed by atoms with Crippen molar-refractivity contribution in [2.24, 2.45) is 0 Å². The first-order chi connectivity index (χ1) is 10.2. The lowest BCUT2D eigenvalue weighted by Gasteiger charge is -2.00. The van der Waals surface area contributed by atoms with Crippen LogP contribution in [0.5, 0.6) is 0 Å². The molecule has 0 fully saturated rings. The van der Waals surface area contributed by atoms with Crippen LogP contribution in [0, 0.1) is 18.8 Å². The second-order valence-electron chi connectivity index (χ2n) is 4.55. The molecule has 21 heavy (non-hydrogen) atoms.